The maximum absolute atomic E-state index is 11.1. The molecule has 0 spiro atoms. The zero-order valence-corrected chi connectivity index (χ0v) is 9.90. The van der Waals surface area contributed by atoms with Gasteiger partial charge in [-0.1, -0.05) is 0 Å². The second-order valence-electron chi connectivity index (χ2n) is 2.74. The van der Waals surface area contributed by atoms with Crippen molar-refractivity contribution in [3.05, 3.63) is 15.5 Å². The van der Waals surface area contributed by atoms with E-state index in [0.717, 1.165) is 9.26 Å². The molecular formula is C8H11IN2O2. The molecule has 0 amide bonds. The predicted octanol–water partition coefficient (Wildman–Crippen LogP) is 1.53. The lowest BCUT2D eigenvalue weighted by Gasteiger charge is -2.08. The third-order valence-electron chi connectivity index (χ3n) is 1.80. The fraction of sp³-hybridized carbons (Fsp3) is 0.500. The van der Waals surface area contributed by atoms with Crippen LogP contribution in [0.1, 0.15) is 18.7 Å². The van der Waals surface area contributed by atoms with Gasteiger partial charge >= 0.3 is 5.97 Å². The molecule has 1 rings (SSSR count). The van der Waals surface area contributed by atoms with E-state index < -0.39 is 0 Å². The maximum Gasteiger partial charge on any atom is 0.330 e. The number of aryl methyl sites for hydroxylation is 1. The number of aromatic nitrogens is 2. The van der Waals surface area contributed by atoms with Crippen LogP contribution in [0.3, 0.4) is 0 Å². The molecule has 0 radical (unpaired) electrons. The topological polar surface area (TPSA) is 44.1 Å². The summed E-state index contributed by atoms with van der Waals surface area (Å²) in [5.74, 6) is -0.279. The van der Waals surface area contributed by atoms with Crippen molar-refractivity contribution in [3.63, 3.8) is 0 Å². The third kappa shape index (κ3) is 2.20. The Balaban J connectivity index is 2.89. The molecule has 0 aromatic carbocycles. The summed E-state index contributed by atoms with van der Waals surface area (Å²) in [6.45, 7) is 3.66. The number of rotatable bonds is 2. The van der Waals surface area contributed by atoms with Crippen LogP contribution >= 0.6 is 22.6 Å². The lowest BCUT2D eigenvalue weighted by molar-refractivity contribution is -0.144. The number of esters is 1. The minimum Gasteiger partial charge on any atom is -0.467 e. The van der Waals surface area contributed by atoms with Gasteiger partial charge in [0.2, 0.25) is 0 Å². The van der Waals surface area contributed by atoms with Gasteiger partial charge < -0.3 is 4.74 Å². The smallest absolute Gasteiger partial charge is 0.330 e. The van der Waals surface area contributed by atoms with Crippen LogP contribution in [-0.4, -0.2) is 22.9 Å². The first kappa shape index (κ1) is 10.5. The number of hydrogen-bond donors (Lipinski definition) is 0. The van der Waals surface area contributed by atoms with Gasteiger partial charge in [-0.2, -0.15) is 5.10 Å². The number of halogens is 1. The Kier molecular flexibility index (Phi) is 3.29. The molecule has 72 valence electrons. The van der Waals surface area contributed by atoms with Gasteiger partial charge in [-0.05, 0) is 36.4 Å². The van der Waals surface area contributed by atoms with Crippen molar-refractivity contribution < 1.29 is 9.53 Å². The van der Waals surface area contributed by atoms with Gasteiger partial charge in [0, 0.05) is 6.20 Å². The number of nitrogens with zero attached hydrogens (tertiary/aromatic N) is 2. The normalized spacial score (nSPS) is 12.6. The highest BCUT2D eigenvalue weighted by Crippen LogP contribution is 2.13. The second kappa shape index (κ2) is 4.08. The summed E-state index contributed by atoms with van der Waals surface area (Å²) < 4.78 is 7.28. The molecule has 0 aliphatic carbocycles. The van der Waals surface area contributed by atoms with Crippen molar-refractivity contribution in [1.82, 2.24) is 9.78 Å². The molecule has 4 nitrogen and oxygen atoms in total. The molecule has 13 heavy (non-hydrogen) atoms. The van der Waals surface area contributed by atoms with Crippen LogP contribution in [0.4, 0.5) is 0 Å². The van der Waals surface area contributed by atoms with Crippen LogP contribution in [0.15, 0.2) is 6.20 Å². The van der Waals surface area contributed by atoms with E-state index >= 15 is 0 Å². The molecule has 0 saturated heterocycles. The van der Waals surface area contributed by atoms with Gasteiger partial charge in [0.25, 0.3) is 0 Å². The molecule has 0 aliphatic heterocycles. The molecule has 0 fully saturated rings. The highest BCUT2D eigenvalue weighted by atomic mass is 127. The van der Waals surface area contributed by atoms with Gasteiger partial charge in [0.05, 0.1) is 16.4 Å². The summed E-state index contributed by atoms with van der Waals surface area (Å²) >= 11 is 2.18. The molecule has 0 N–H and O–H groups in total. The average Bonchev–Trinajstić information content (AvgIpc) is 2.44. The van der Waals surface area contributed by atoms with Crippen LogP contribution in [0.5, 0.6) is 0 Å². The van der Waals surface area contributed by atoms with Gasteiger partial charge in [0.15, 0.2) is 0 Å². The molecule has 1 atom stereocenters. The summed E-state index contributed by atoms with van der Waals surface area (Å²) in [5.41, 5.74) is 0.927. The Bertz CT molecular complexity index is 302. The van der Waals surface area contributed by atoms with Crippen molar-refractivity contribution in [3.8, 4) is 0 Å². The minimum atomic E-state index is -0.354. The van der Waals surface area contributed by atoms with Gasteiger partial charge in [-0.25, -0.2) is 4.79 Å². The molecule has 0 unspecified atom stereocenters. The SMILES string of the molecule is COC(=O)[C@H](C)n1cc(I)c(C)n1. The molecule has 5 heteroatoms. The lowest BCUT2D eigenvalue weighted by Crippen LogP contribution is -2.18. The number of ether oxygens (including phenoxy) is 1. The Morgan fingerprint density at radius 2 is 2.38 bits per heavy atom. The number of carbonyl (C=O) groups is 1. The van der Waals surface area contributed by atoms with E-state index in [4.69, 9.17) is 0 Å². The van der Waals surface area contributed by atoms with Crippen molar-refractivity contribution >= 4 is 28.6 Å². The fourth-order valence-electron chi connectivity index (χ4n) is 0.936. The van der Waals surface area contributed by atoms with Crippen molar-refractivity contribution in [2.24, 2.45) is 0 Å². The standard InChI is InChI=1S/C8H11IN2O2/c1-5-7(9)4-11(10-5)6(2)8(12)13-3/h4,6H,1-3H3/t6-/m0/s1. The molecule has 0 aliphatic rings. The third-order valence-corrected chi connectivity index (χ3v) is 2.85. The molecule has 1 heterocycles. The van der Waals surface area contributed by atoms with E-state index in [0.29, 0.717) is 0 Å². The van der Waals surface area contributed by atoms with Crippen molar-refractivity contribution in [2.45, 2.75) is 19.9 Å². The van der Waals surface area contributed by atoms with E-state index in [1.165, 1.54) is 7.11 Å². The van der Waals surface area contributed by atoms with Crippen LogP contribution in [0.25, 0.3) is 0 Å². The number of carbonyl (C=O) groups excluding carboxylic acids is 1. The second-order valence-corrected chi connectivity index (χ2v) is 3.90. The van der Waals surface area contributed by atoms with Gasteiger partial charge in [-0.3, -0.25) is 4.68 Å². The predicted molar refractivity (Wildman–Crippen MR) is 56.4 cm³/mol. The summed E-state index contributed by atoms with van der Waals surface area (Å²) in [4.78, 5) is 11.1. The van der Waals surface area contributed by atoms with Gasteiger partial charge in [0.1, 0.15) is 6.04 Å². The molecule has 1 aromatic rings. The van der Waals surface area contributed by atoms with Crippen LogP contribution in [0.2, 0.25) is 0 Å². The zero-order valence-electron chi connectivity index (χ0n) is 7.74. The monoisotopic (exact) mass is 294 g/mol. The Hall–Kier alpha value is -0.590. The number of hydrogen-bond acceptors (Lipinski definition) is 3. The zero-order chi connectivity index (χ0) is 10.0. The summed E-state index contributed by atoms with van der Waals surface area (Å²) in [7, 11) is 1.38. The van der Waals surface area contributed by atoms with Gasteiger partial charge in [-0.15, -0.1) is 0 Å². The highest BCUT2D eigenvalue weighted by Gasteiger charge is 2.16. The first-order valence-corrected chi connectivity index (χ1v) is 4.93. The summed E-state index contributed by atoms with van der Waals surface area (Å²) in [5, 5.41) is 4.19. The molecule has 1 aromatic heterocycles. The largest absolute Gasteiger partial charge is 0.467 e. The summed E-state index contributed by atoms with van der Waals surface area (Å²) in [6, 6.07) is -0.354. The highest BCUT2D eigenvalue weighted by molar-refractivity contribution is 14.1. The average molecular weight is 294 g/mol. The minimum absolute atomic E-state index is 0.279. The van der Waals surface area contributed by atoms with E-state index in [1.54, 1.807) is 11.6 Å². The van der Waals surface area contributed by atoms with E-state index in [9.17, 15) is 4.79 Å². The maximum atomic E-state index is 11.1. The van der Waals surface area contributed by atoms with Crippen LogP contribution in [0, 0.1) is 10.5 Å². The van der Waals surface area contributed by atoms with E-state index in [2.05, 4.69) is 32.4 Å². The van der Waals surface area contributed by atoms with Crippen molar-refractivity contribution in [1.29, 1.82) is 0 Å². The quantitative estimate of drug-likeness (QED) is 0.614. The first-order chi connectivity index (χ1) is 6.06. The van der Waals surface area contributed by atoms with Crippen molar-refractivity contribution in [2.75, 3.05) is 7.11 Å². The molecule has 0 saturated carbocycles. The Labute approximate surface area is 90.4 Å². The van der Waals surface area contributed by atoms with Crippen LogP contribution in [-0.2, 0) is 9.53 Å². The first-order valence-electron chi connectivity index (χ1n) is 3.85. The van der Waals surface area contributed by atoms with Crippen LogP contribution < -0.4 is 0 Å². The Morgan fingerprint density at radius 1 is 1.77 bits per heavy atom. The lowest BCUT2D eigenvalue weighted by atomic mass is 10.3. The fourth-order valence-corrected chi connectivity index (χ4v) is 1.33. The number of methoxy groups -OCH3 is 1. The van der Waals surface area contributed by atoms with E-state index in [1.807, 2.05) is 13.1 Å². The molecular weight excluding hydrogens is 283 g/mol. The van der Waals surface area contributed by atoms with E-state index in [-0.39, 0.29) is 12.0 Å². The molecule has 0 bridgehead atoms. The summed E-state index contributed by atoms with van der Waals surface area (Å²) in [6.07, 6.45) is 1.83. The Morgan fingerprint density at radius 3 is 2.77 bits per heavy atom.